The van der Waals surface area contributed by atoms with Crippen molar-refractivity contribution in [1.29, 1.82) is 0 Å². The average molecular weight is 1410 g/mol. The van der Waals surface area contributed by atoms with Crippen molar-refractivity contribution < 1.29 is 68.3 Å². The van der Waals surface area contributed by atoms with Crippen molar-refractivity contribution in [2.45, 2.75) is 267 Å². The molecule has 3 aliphatic carbocycles. The predicted octanol–water partition coefficient (Wildman–Crippen LogP) is 13.1. The van der Waals surface area contributed by atoms with Gasteiger partial charge in [-0.05, 0) is 131 Å². The Balaban J connectivity index is 0.00000129. The minimum Gasteiger partial charge on any atom is -0.480 e. The molecule has 0 bridgehead atoms. The van der Waals surface area contributed by atoms with Crippen LogP contribution < -0.4 is 22.1 Å². The van der Waals surface area contributed by atoms with Crippen LogP contribution in [0.3, 0.4) is 0 Å². The summed E-state index contributed by atoms with van der Waals surface area (Å²) in [7, 11) is 0. The second-order valence-electron chi connectivity index (χ2n) is 31.9. The molecule has 0 radical (unpaired) electrons. The summed E-state index contributed by atoms with van der Waals surface area (Å²) in [4.78, 5) is 97.7. The molecule has 3 aliphatic rings. The number of aliphatic hydroxyl groups is 3. The van der Waals surface area contributed by atoms with Gasteiger partial charge in [-0.1, -0.05) is 192 Å². The average Bonchev–Trinajstić information content (AvgIpc) is 1.43. The van der Waals surface area contributed by atoms with Crippen LogP contribution >= 0.6 is 37.2 Å². The number of ether oxygens (including phenoxy) is 2. The van der Waals surface area contributed by atoms with E-state index in [0.717, 1.165) is 61.6 Å². The molecule has 6 rings (SSSR count). The van der Waals surface area contributed by atoms with Gasteiger partial charge in [0, 0.05) is 50.0 Å². The molecule has 0 aliphatic heterocycles. The number of nitrogens with one attached hydrogen (secondary N) is 2. The highest BCUT2D eigenvalue weighted by Gasteiger charge is 2.38. The number of carbonyl (C=O) groups is 8. The number of benzene rings is 3. The fourth-order valence-corrected chi connectivity index (χ4v) is 10.5. The summed E-state index contributed by atoms with van der Waals surface area (Å²) >= 11 is 0. The van der Waals surface area contributed by atoms with Gasteiger partial charge in [0.1, 0.15) is 41.3 Å². The Bertz CT molecular complexity index is 2820. The van der Waals surface area contributed by atoms with E-state index in [1.807, 2.05) is 153 Å². The van der Waals surface area contributed by atoms with Crippen LogP contribution in [-0.2, 0) is 57.5 Å². The van der Waals surface area contributed by atoms with Crippen LogP contribution in [-0.4, -0.2) is 121 Å². The molecule has 18 nitrogen and oxygen atoms in total. The molecule has 3 aromatic rings. The Labute approximate surface area is 591 Å². The Morgan fingerprint density at radius 1 is 0.427 bits per heavy atom. The zero-order valence-electron chi connectivity index (χ0n) is 59.9. The molecular formula is C75H119Cl3N4O14. The van der Waals surface area contributed by atoms with Gasteiger partial charge in [0.2, 0.25) is 0 Å². The first-order valence-electron chi connectivity index (χ1n) is 33.5. The second-order valence-corrected chi connectivity index (χ2v) is 31.9. The van der Waals surface area contributed by atoms with E-state index in [2.05, 4.69) is 10.6 Å². The van der Waals surface area contributed by atoms with E-state index in [1.54, 1.807) is 41.5 Å². The van der Waals surface area contributed by atoms with E-state index in [9.17, 15) is 53.7 Å². The molecule has 5 unspecified atom stereocenters. The monoisotopic (exact) mass is 1400 g/mol. The maximum Gasteiger partial charge on any atom is 0.408 e. The number of Topliss-reactive ketones (excluding diaryl/α,β-unsaturated/α-hetero) is 5. The topological polar surface area (TPSA) is 312 Å². The number of aliphatic hydroxyl groups excluding tert-OH is 3. The van der Waals surface area contributed by atoms with Crippen molar-refractivity contribution in [3.8, 4) is 0 Å². The zero-order chi connectivity index (χ0) is 70.2. The van der Waals surface area contributed by atoms with Crippen LogP contribution in [0.25, 0.3) is 0 Å². The molecule has 9 atom stereocenters. The number of halogens is 3. The molecule has 0 aromatic heterocycles. The second kappa shape index (κ2) is 41.9. The van der Waals surface area contributed by atoms with Gasteiger partial charge in [0.05, 0.1) is 12.1 Å². The number of alkyl carbamates (subject to hydrolysis) is 2. The molecule has 3 aromatic carbocycles. The van der Waals surface area contributed by atoms with Crippen molar-refractivity contribution in [3.63, 3.8) is 0 Å². The molecule has 0 heterocycles. The van der Waals surface area contributed by atoms with Crippen molar-refractivity contribution in [1.82, 2.24) is 10.6 Å². The summed E-state index contributed by atoms with van der Waals surface area (Å²) in [6, 6.07) is 26.4. The van der Waals surface area contributed by atoms with Gasteiger partial charge >= 0.3 is 18.2 Å². The van der Waals surface area contributed by atoms with Crippen LogP contribution in [0.4, 0.5) is 9.59 Å². The molecule has 3 saturated carbocycles. The normalized spacial score (nSPS) is 16.6. The van der Waals surface area contributed by atoms with Gasteiger partial charge in [0.15, 0.2) is 23.1 Å². The largest absolute Gasteiger partial charge is 0.480 e. The van der Waals surface area contributed by atoms with Crippen molar-refractivity contribution in [2.75, 3.05) is 0 Å². The lowest BCUT2D eigenvalue weighted by Crippen LogP contribution is -2.45. The van der Waals surface area contributed by atoms with E-state index in [1.165, 1.54) is 0 Å². The summed E-state index contributed by atoms with van der Waals surface area (Å²) < 4.78 is 10.4. The highest BCUT2D eigenvalue weighted by atomic mass is 35.5. The molecule has 21 heteroatoms. The van der Waals surface area contributed by atoms with E-state index in [-0.39, 0.29) is 102 Å². The summed E-state index contributed by atoms with van der Waals surface area (Å²) in [6.07, 6.45) is 6.00. The quantitative estimate of drug-likeness (QED) is 0.0307. The van der Waals surface area contributed by atoms with Gasteiger partial charge in [-0.15, -0.1) is 37.2 Å². The minimum absolute atomic E-state index is 0. The van der Waals surface area contributed by atoms with Gasteiger partial charge in [-0.2, -0.15) is 0 Å². The van der Waals surface area contributed by atoms with Gasteiger partial charge in [0.25, 0.3) is 0 Å². The Morgan fingerprint density at radius 3 is 1.03 bits per heavy atom. The van der Waals surface area contributed by atoms with Gasteiger partial charge < -0.3 is 52.0 Å². The van der Waals surface area contributed by atoms with E-state index < -0.39 is 83.7 Å². The summed E-state index contributed by atoms with van der Waals surface area (Å²) in [6.45, 7) is 28.2. The number of rotatable bonds is 30. The first kappa shape index (κ1) is 90.7. The lowest BCUT2D eigenvalue weighted by atomic mass is 9.81. The summed E-state index contributed by atoms with van der Waals surface area (Å²) in [5.74, 6) is -1.39. The number of carbonyl (C=O) groups excluding carboxylic acids is 7. The third-order valence-corrected chi connectivity index (χ3v) is 15.6. The molecule has 10 N–H and O–H groups in total. The smallest absolute Gasteiger partial charge is 0.408 e. The van der Waals surface area contributed by atoms with Crippen LogP contribution in [0.2, 0.25) is 0 Å². The first-order valence-corrected chi connectivity index (χ1v) is 33.5. The molecule has 96 heavy (non-hydrogen) atoms. The van der Waals surface area contributed by atoms with Crippen LogP contribution in [0.5, 0.6) is 0 Å². The fraction of sp³-hybridized carbons (Fsp3) is 0.653. The van der Waals surface area contributed by atoms with Gasteiger partial charge in [-0.25, -0.2) is 14.4 Å². The van der Waals surface area contributed by atoms with Crippen molar-refractivity contribution >= 4 is 84.3 Å². The number of carboxylic acids is 1. The summed E-state index contributed by atoms with van der Waals surface area (Å²) in [5, 5.41) is 45.6. The number of ketones is 5. The third kappa shape index (κ3) is 41.2. The van der Waals surface area contributed by atoms with Crippen molar-refractivity contribution in [2.24, 2.45) is 57.3 Å². The fourth-order valence-electron chi connectivity index (χ4n) is 10.5. The Hall–Kier alpha value is -5.31. The molecule has 2 amide bonds. The standard InChI is InChI=1S/C27H41NO5.C22H33NO3.C15H23NO2.C11H19NO4.3ClH/c1-26(2,3)17-23(30)24(31)20(14-18-10-8-7-9-11-18)16-22(29)21(15-19-12-13-19)28-25(32)33-27(4,5)6;1-22(2,3)14-20(25)21(26)17(11-15-7-5-4-6-8-15)13-19(24)18(23)12-16-9-10-16;1-15(2,3)10-13(17)14(18)12(16)9-11-7-5-4-6-8-11;1-11(2,3)16-10(15)12-8(9(13)14)6-7-4-5-7;;;/h7-11,19-21,24,31H,12-17H2,1-6H3,(H,28,32);4-8,16-18,21,26H,9-14,23H2,1-3H3;4-8,12,14,18H,9-10,16H2,1-3H3;7-8H,4-6H2,1-3H3,(H,12,15)(H,13,14);3*1H/t20?,21-,24?;17?,18-,21?;12-,14?;8-;;;/m0000.../s1. The van der Waals surface area contributed by atoms with E-state index >= 15 is 0 Å². The number of amides is 2. The van der Waals surface area contributed by atoms with Crippen LogP contribution in [0.15, 0.2) is 91.0 Å². The van der Waals surface area contributed by atoms with E-state index in [0.29, 0.717) is 62.7 Å². The molecule has 0 saturated heterocycles. The number of hydrogen-bond donors (Lipinski definition) is 8. The minimum atomic E-state index is -1.24. The molecule has 0 spiro atoms. The van der Waals surface area contributed by atoms with Gasteiger partial charge in [-0.3, -0.25) is 24.0 Å². The zero-order valence-corrected chi connectivity index (χ0v) is 62.3. The lowest BCUT2D eigenvalue weighted by Gasteiger charge is -2.27. The molecule has 3 fully saturated rings. The highest BCUT2D eigenvalue weighted by Crippen LogP contribution is 2.36. The maximum atomic E-state index is 13.3. The number of aliphatic carboxylic acids is 1. The number of hydrogen-bond acceptors (Lipinski definition) is 15. The first-order chi connectivity index (χ1) is 43.0. The SMILES string of the molecule is CC(C)(C)CC(=O)C(O)C(CC(=O)[C@@H](N)CC1CC1)Cc1ccccc1.CC(C)(C)CC(=O)C(O)C(CC(=O)[C@H](CC1CC1)NC(=O)OC(C)(C)C)Cc1ccccc1.CC(C)(C)CC(=O)C(O)[C@@H](N)Cc1ccccc1.CC(C)(C)OC(=O)N[C@@H](CC1CC1)C(=O)O.Cl.Cl.Cl. The van der Waals surface area contributed by atoms with E-state index in [4.69, 9.17) is 26.0 Å². The Kier molecular flexibility index (Phi) is 39.6. The number of nitrogens with two attached hydrogens (primary N) is 2. The van der Waals surface area contributed by atoms with Crippen LogP contribution in [0.1, 0.15) is 210 Å². The van der Waals surface area contributed by atoms with Crippen molar-refractivity contribution in [3.05, 3.63) is 108 Å². The Morgan fingerprint density at radius 2 is 0.719 bits per heavy atom. The summed E-state index contributed by atoms with van der Waals surface area (Å²) in [5.41, 5.74) is 13.1. The predicted molar refractivity (Wildman–Crippen MR) is 386 cm³/mol. The number of carboxylic acid groups (broad SMARTS) is 1. The maximum absolute atomic E-state index is 13.3. The highest BCUT2D eigenvalue weighted by molar-refractivity contribution is 5.90. The molecular weight excluding hydrogens is 1290 g/mol. The third-order valence-electron chi connectivity index (χ3n) is 15.6. The van der Waals surface area contributed by atoms with Crippen LogP contribution in [0, 0.1) is 45.8 Å². The molecule has 544 valence electrons. The lowest BCUT2D eigenvalue weighted by molar-refractivity contribution is -0.140.